The molecule has 0 heterocycles. The molecule has 0 spiro atoms. The van der Waals surface area contributed by atoms with E-state index in [1.165, 1.54) is 12.7 Å². The Morgan fingerprint density at radius 1 is 1.12 bits per heavy atom. The van der Waals surface area contributed by atoms with Gasteiger partial charge in [0.2, 0.25) is 0 Å². The highest BCUT2D eigenvalue weighted by Gasteiger charge is 2.21. The molecule has 134 valence electrons. The molecule has 25 heavy (non-hydrogen) atoms. The van der Waals surface area contributed by atoms with Crippen LogP contribution in [-0.2, 0) is 0 Å². The van der Waals surface area contributed by atoms with Crippen molar-refractivity contribution in [2.24, 2.45) is 0 Å². The molecule has 0 aliphatic carbocycles. The van der Waals surface area contributed by atoms with E-state index in [0.717, 1.165) is 5.56 Å². The third kappa shape index (κ3) is 4.66. The van der Waals surface area contributed by atoms with Crippen LogP contribution in [0.25, 0.3) is 0 Å². The third-order valence-corrected chi connectivity index (χ3v) is 4.64. The van der Waals surface area contributed by atoms with Crippen LogP contribution in [0.2, 0.25) is 10.0 Å². The summed E-state index contributed by atoms with van der Waals surface area (Å²) in [5, 5.41) is 3.58. The molecular weight excluding hydrogens is 359 g/mol. The summed E-state index contributed by atoms with van der Waals surface area (Å²) in [4.78, 5) is 14.7. The van der Waals surface area contributed by atoms with Crippen molar-refractivity contribution in [3.8, 4) is 5.75 Å². The summed E-state index contributed by atoms with van der Waals surface area (Å²) in [6, 6.07) is 11.5. The predicted molar refractivity (Wildman–Crippen MR) is 103 cm³/mol. The average molecular weight is 381 g/mol. The number of halogens is 2. The number of aryl methyl sites for hydroxylation is 1. The van der Waals surface area contributed by atoms with Gasteiger partial charge in [0.05, 0.1) is 23.2 Å². The Morgan fingerprint density at radius 3 is 2.28 bits per heavy atom. The third-order valence-electron chi connectivity index (χ3n) is 4.03. The Labute approximate surface area is 158 Å². The molecular formula is C19H22Cl2N2O2. The van der Waals surface area contributed by atoms with Crippen LogP contribution in [-0.4, -0.2) is 38.6 Å². The van der Waals surface area contributed by atoms with Gasteiger partial charge in [-0.2, -0.15) is 0 Å². The molecule has 0 saturated heterocycles. The van der Waals surface area contributed by atoms with Crippen LogP contribution in [0, 0.1) is 6.92 Å². The molecule has 0 radical (unpaired) electrons. The lowest BCUT2D eigenvalue weighted by Crippen LogP contribution is -2.34. The summed E-state index contributed by atoms with van der Waals surface area (Å²) in [5.41, 5.74) is 2.57. The van der Waals surface area contributed by atoms with E-state index in [9.17, 15) is 4.79 Å². The number of nitrogens with zero attached hydrogens (tertiary/aromatic N) is 1. The van der Waals surface area contributed by atoms with Gasteiger partial charge in [0, 0.05) is 6.54 Å². The number of amides is 1. The second kappa shape index (κ2) is 8.56. The van der Waals surface area contributed by atoms with E-state index < -0.39 is 0 Å². The van der Waals surface area contributed by atoms with E-state index in [-0.39, 0.29) is 23.3 Å². The van der Waals surface area contributed by atoms with Gasteiger partial charge in [0.15, 0.2) is 5.75 Å². The van der Waals surface area contributed by atoms with Gasteiger partial charge >= 0.3 is 0 Å². The first-order valence-corrected chi connectivity index (χ1v) is 8.64. The minimum absolute atomic E-state index is 0.0357. The summed E-state index contributed by atoms with van der Waals surface area (Å²) in [5.74, 6) is -0.0354. The number of carbonyl (C=O) groups is 1. The predicted octanol–water partition coefficient (Wildman–Crippen LogP) is 4.34. The molecule has 4 nitrogen and oxygen atoms in total. The first kappa shape index (κ1) is 19.6. The zero-order chi connectivity index (χ0) is 18.6. The minimum Gasteiger partial charge on any atom is -0.494 e. The topological polar surface area (TPSA) is 41.6 Å². The number of nitrogens with one attached hydrogen (secondary N) is 1. The lowest BCUT2D eigenvalue weighted by Gasteiger charge is -2.25. The Bertz CT molecular complexity index is 746. The second-order valence-corrected chi connectivity index (χ2v) is 6.85. The van der Waals surface area contributed by atoms with Crippen LogP contribution >= 0.6 is 23.2 Å². The summed E-state index contributed by atoms with van der Waals surface area (Å²) in [6.07, 6.45) is 0. The van der Waals surface area contributed by atoms with Crippen LogP contribution in [0.1, 0.15) is 27.5 Å². The summed E-state index contributed by atoms with van der Waals surface area (Å²) in [6.45, 7) is 2.48. The highest BCUT2D eigenvalue weighted by Crippen LogP contribution is 2.33. The molecule has 0 aliphatic rings. The highest BCUT2D eigenvalue weighted by atomic mass is 35.5. The molecule has 1 N–H and O–H groups in total. The van der Waals surface area contributed by atoms with Crippen molar-refractivity contribution in [1.82, 2.24) is 10.2 Å². The summed E-state index contributed by atoms with van der Waals surface area (Å²) < 4.78 is 5.24. The van der Waals surface area contributed by atoms with Gasteiger partial charge in [-0.25, -0.2) is 0 Å². The molecule has 1 atom stereocenters. The summed E-state index contributed by atoms with van der Waals surface area (Å²) >= 11 is 12.3. The molecule has 0 aliphatic heterocycles. The SMILES string of the molecule is COc1c(Cl)ccc(Cl)c1C(=O)NCC(c1ccc(C)cc1)N(C)C. The van der Waals surface area contributed by atoms with Gasteiger partial charge in [-0.3, -0.25) is 4.79 Å². The molecule has 2 aromatic carbocycles. The highest BCUT2D eigenvalue weighted by molar-refractivity contribution is 6.37. The average Bonchev–Trinajstić information content (AvgIpc) is 2.57. The van der Waals surface area contributed by atoms with Gasteiger partial charge in [-0.1, -0.05) is 53.0 Å². The largest absolute Gasteiger partial charge is 0.494 e. The molecule has 1 unspecified atom stereocenters. The molecule has 0 saturated carbocycles. The number of likely N-dealkylation sites (N-methyl/N-ethyl adjacent to an activating group) is 1. The van der Waals surface area contributed by atoms with Crippen molar-refractivity contribution in [3.63, 3.8) is 0 Å². The zero-order valence-corrected chi connectivity index (χ0v) is 16.3. The molecule has 1 amide bonds. The number of hydrogen-bond acceptors (Lipinski definition) is 3. The first-order valence-electron chi connectivity index (χ1n) is 7.88. The van der Waals surface area contributed by atoms with E-state index in [0.29, 0.717) is 16.6 Å². The monoisotopic (exact) mass is 380 g/mol. The van der Waals surface area contributed by atoms with Gasteiger partial charge in [0.1, 0.15) is 5.56 Å². The molecule has 0 aromatic heterocycles. The number of rotatable bonds is 6. The van der Waals surface area contributed by atoms with Crippen molar-refractivity contribution in [1.29, 1.82) is 0 Å². The van der Waals surface area contributed by atoms with Crippen LogP contribution in [0.4, 0.5) is 0 Å². The van der Waals surface area contributed by atoms with Crippen LogP contribution < -0.4 is 10.1 Å². The Kier molecular flexibility index (Phi) is 6.71. The standard InChI is InChI=1S/C19H22Cl2N2O2/c1-12-5-7-13(8-6-12)16(23(2)3)11-22-19(24)17-14(20)9-10-15(21)18(17)25-4/h5-10,16H,11H2,1-4H3,(H,22,24). The quantitative estimate of drug-likeness (QED) is 0.809. The number of carbonyl (C=O) groups excluding carboxylic acids is 1. The van der Waals surface area contributed by atoms with E-state index in [1.54, 1.807) is 12.1 Å². The smallest absolute Gasteiger partial charge is 0.256 e. The Hall–Kier alpha value is -1.75. The molecule has 0 bridgehead atoms. The van der Waals surface area contributed by atoms with E-state index in [4.69, 9.17) is 27.9 Å². The van der Waals surface area contributed by atoms with E-state index in [1.807, 2.05) is 21.0 Å². The molecule has 6 heteroatoms. The maximum absolute atomic E-state index is 12.7. The van der Waals surface area contributed by atoms with Crippen LogP contribution in [0.15, 0.2) is 36.4 Å². The fraction of sp³-hybridized carbons (Fsp3) is 0.316. The summed E-state index contributed by atoms with van der Waals surface area (Å²) in [7, 11) is 5.41. The lowest BCUT2D eigenvalue weighted by molar-refractivity contribution is 0.0939. The van der Waals surface area contributed by atoms with E-state index in [2.05, 4.69) is 34.5 Å². The molecule has 2 rings (SSSR count). The molecule has 2 aromatic rings. The second-order valence-electron chi connectivity index (χ2n) is 6.04. The normalized spacial score (nSPS) is 12.1. The van der Waals surface area contributed by atoms with Gasteiger partial charge in [-0.15, -0.1) is 0 Å². The maximum atomic E-state index is 12.7. The first-order chi connectivity index (χ1) is 11.8. The van der Waals surface area contributed by atoms with Gasteiger partial charge in [0.25, 0.3) is 5.91 Å². The van der Waals surface area contributed by atoms with Crippen molar-refractivity contribution >= 4 is 29.1 Å². The van der Waals surface area contributed by atoms with Gasteiger partial charge < -0.3 is 15.0 Å². The van der Waals surface area contributed by atoms with Crippen molar-refractivity contribution < 1.29 is 9.53 Å². The number of ether oxygens (including phenoxy) is 1. The number of hydrogen-bond donors (Lipinski definition) is 1. The number of benzene rings is 2. The molecule has 0 fully saturated rings. The Balaban J connectivity index is 2.20. The van der Waals surface area contributed by atoms with Crippen molar-refractivity contribution in [3.05, 3.63) is 63.1 Å². The number of methoxy groups -OCH3 is 1. The van der Waals surface area contributed by atoms with Crippen molar-refractivity contribution in [2.45, 2.75) is 13.0 Å². The fourth-order valence-corrected chi connectivity index (χ4v) is 3.08. The zero-order valence-electron chi connectivity index (χ0n) is 14.8. The van der Waals surface area contributed by atoms with Gasteiger partial charge in [-0.05, 0) is 38.7 Å². The maximum Gasteiger partial charge on any atom is 0.256 e. The van der Waals surface area contributed by atoms with Crippen molar-refractivity contribution in [2.75, 3.05) is 27.7 Å². The minimum atomic E-state index is -0.316. The Morgan fingerprint density at radius 2 is 1.72 bits per heavy atom. The van der Waals surface area contributed by atoms with Crippen LogP contribution in [0.5, 0.6) is 5.75 Å². The van der Waals surface area contributed by atoms with E-state index >= 15 is 0 Å². The fourth-order valence-electron chi connectivity index (χ4n) is 2.61. The lowest BCUT2D eigenvalue weighted by atomic mass is 10.0. The van der Waals surface area contributed by atoms with Crippen LogP contribution in [0.3, 0.4) is 0 Å².